The fraction of sp³-hybridized carbons (Fsp3) is 0.128. The predicted octanol–water partition coefficient (Wildman–Crippen LogP) is 12.1. The predicted molar refractivity (Wildman–Crippen MR) is 205 cm³/mol. The van der Waals surface area contributed by atoms with Crippen LogP contribution in [-0.2, 0) is 5.41 Å². The molecular weight excluding hydrogens is 623 g/mol. The minimum atomic E-state index is 0.127. The summed E-state index contributed by atoms with van der Waals surface area (Å²) in [6.45, 7) is 0. The van der Waals surface area contributed by atoms with E-state index >= 15 is 0 Å². The van der Waals surface area contributed by atoms with Crippen molar-refractivity contribution in [1.29, 1.82) is 5.26 Å². The molecule has 2 aliphatic rings. The second kappa shape index (κ2) is 11.6. The normalized spacial score (nSPS) is 14.4. The van der Waals surface area contributed by atoms with Crippen molar-refractivity contribution in [3.05, 3.63) is 156 Å². The summed E-state index contributed by atoms with van der Waals surface area (Å²) in [4.78, 5) is 10.1. The van der Waals surface area contributed by atoms with Crippen molar-refractivity contribution in [1.82, 2.24) is 9.97 Å². The minimum absolute atomic E-state index is 0.127. The molecule has 4 nitrogen and oxygen atoms in total. The van der Waals surface area contributed by atoms with Crippen LogP contribution in [0.4, 0.5) is 0 Å². The minimum Gasteiger partial charge on any atom is -0.452 e. The molecular formula is C47H33N3O. The average molecular weight is 656 g/mol. The van der Waals surface area contributed by atoms with Gasteiger partial charge in [-0.3, -0.25) is 0 Å². The smallest absolute Gasteiger partial charge is 0.180 e. The van der Waals surface area contributed by atoms with Crippen LogP contribution in [-0.4, -0.2) is 9.97 Å². The maximum Gasteiger partial charge on any atom is 0.180 e. The van der Waals surface area contributed by atoms with E-state index in [1.807, 2.05) is 36.4 Å². The summed E-state index contributed by atoms with van der Waals surface area (Å²) in [6, 6.07) is 51.2. The third-order valence-corrected chi connectivity index (χ3v) is 11.1. The number of rotatable bonds is 4. The number of hydrogen-bond donors (Lipinski definition) is 0. The highest BCUT2D eigenvalue weighted by Crippen LogP contribution is 2.57. The Bertz CT molecular complexity index is 2690. The van der Waals surface area contributed by atoms with Gasteiger partial charge in [0.2, 0.25) is 0 Å². The summed E-state index contributed by atoms with van der Waals surface area (Å²) in [5.74, 6) is 0.592. The largest absolute Gasteiger partial charge is 0.452 e. The zero-order chi connectivity index (χ0) is 33.9. The lowest BCUT2D eigenvalue weighted by molar-refractivity contribution is 0.353. The summed E-state index contributed by atoms with van der Waals surface area (Å²) in [5, 5.41) is 10.3. The van der Waals surface area contributed by atoms with E-state index in [4.69, 9.17) is 14.4 Å². The molecule has 0 unspecified atom stereocenters. The molecule has 2 aliphatic carbocycles. The van der Waals surface area contributed by atoms with E-state index in [9.17, 15) is 5.26 Å². The second-order valence-electron chi connectivity index (χ2n) is 13.9. The Balaban J connectivity index is 1.10. The van der Waals surface area contributed by atoms with Crippen molar-refractivity contribution in [3.8, 4) is 62.1 Å². The lowest BCUT2D eigenvalue weighted by Crippen LogP contribution is -2.27. The molecule has 0 aliphatic heterocycles. The van der Waals surface area contributed by atoms with Gasteiger partial charge in [-0.1, -0.05) is 110 Å². The van der Waals surface area contributed by atoms with Crippen molar-refractivity contribution < 1.29 is 4.42 Å². The zero-order valence-electron chi connectivity index (χ0n) is 28.1. The Labute approximate surface area is 296 Å². The van der Waals surface area contributed by atoms with Gasteiger partial charge >= 0.3 is 0 Å². The molecule has 51 heavy (non-hydrogen) atoms. The molecule has 0 amide bonds. The Hall–Kier alpha value is -6.31. The lowest BCUT2D eigenvalue weighted by Gasteiger charge is -2.36. The van der Waals surface area contributed by atoms with E-state index in [1.54, 1.807) is 12.1 Å². The van der Waals surface area contributed by atoms with E-state index in [0.29, 0.717) is 17.0 Å². The van der Waals surface area contributed by atoms with Gasteiger partial charge in [-0.15, -0.1) is 0 Å². The summed E-state index contributed by atoms with van der Waals surface area (Å²) in [5.41, 5.74) is 16.1. The van der Waals surface area contributed by atoms with E-state index in [-0.39, 0.29) is 5.41 Å². The molecule has 0 N–H and O–H groups in total. The molecule has 1 spiro atoms. The number of nitrogens with zero attached hydrogens (tertiary/aromatic N) is 3. The van der Waals surface area contributed by atoms with Crippen LogP contribution in [0, 0.1) is 11.3 Å². The standard InChI is InChI=1S/C47H33N3O/c48-29-30-21-23-31(24-22-30)46-49-43(45-44(50-46)38-16-3-5-20-41(38)51-45)35-14-9-12-33(28-35)32-11-8-13-34(27-32)36-17-10-19-40-42(36)37-15-2-4-18-39(37)47(40)25-6-1-7-26-47/h2-5,8-24,27-28H,1,6-7,25-26H2. The summed E-state index contributed by atoms with van der Waals surface area (Å²) in [7, 11) is 0. The van der Waals surface area contributed by atoms with Crippen molar-refractivity contribution in [2.24, 2.45) is 0 Å². The first-order chi connectivity index (χ1) is 25.2. The topological polar surface area (TPSA) is 62.7 Å². The first kappa shape index (κ1) is 29.6. The van der Waals surface area contributed by atoms with Crippen molar-refractivity contribution >= 4 is 22.1 Å². The first-order valence-corrected chi connectivity index (χ1v) is 17.8. The third-order valence-electron chi connectivity index (χ3n) is 11.1. The number of furan rings is 1. The van der Waals surface area contributed by atoms with Crippen LogP contribution in [0.2, 0.25) is 0 Å². The molecule has 0 bridgehead atoms. The van der Waals surface area contributed by atoms with Crippen molar-refractivity contribution in [2.45, 2.75) is 37.5 Å². The van der Waals surface area contributed by atoms with E-state index in [1.165, 1.54) is 65.5 Å². The van der Waals surface area contributed by atoms with Crippen LogP contribution in [0.1, 0.15) is 48.8 Å². The molecule has 10 rings (SSSR count). The van der Waals surface area contributed by atoms with E-state index in [0.717, 1.165) is 44.4 Å². The van der Waals surface area contributed by atoms with E-state index < -0.39 is 0 Å². The van der Waals surface area contributed by atoms with Crippen LogP contribution in [0.15, 0.2) is 144 Å². The number of para-hydroxylation sites is 1. The van der Waals surface area contributed by atoms with Gasteiger partial charge in [0.25, 0.3) is 0 Å². The number of benzene rings is 6. The number of hydrogen-bond acceptors (Lipinski definition) is 4. The zero-order valence-corrected chi connectivity index (χ0v) is 28.1. The highest BCUT2D eigenvalue weighted by atomic mass is 16.3. The van der Waals surface area contributed by atoms with Gasteiger partial charge in [-0.2, -0.15) is 5.26 Å². The molecule has 0 saturated heterocycles. The molecule has 8 aromatic rings. The van der Waals surface area contributed by atoms with Gasteiger partial charge in [0.15, 0.2) is 11.4 Å². The molecule has 0 atom stereocenters. The van der Waals surface area contributed by atoms with Gasteiger partial charge in [0.05, 0.1) is 11.6 Å². The van der Waals surface area contributed by atoms with Gasteiger partial charge in [-0.25, -0.2) is 9.97 Å². The average Bonchev–Trinajstić information content (AvgIpc) is 3.71. The number of fused-ring (bicyclic) bond motifs is 8. The maximum absolute atomic E-state index is 9.37. The highest BCUT2D eigenvalue weighted by Gasteiger charge is 2.44. The molecule has 6 aromatic carbocycles. The molecule has 2 aromatic heterocycles. The van der Waals surface area contributed by atoms with Crippen molar-refractivity contribution in [3.63, 3.8) is 0 Å². The molecule has 1 saturated carbocycles. The molecule has 2 heterocycles. The second-order valence-corrected chi connectivity index (χ2v) is 13.9. The fourth-order valence-electron chi connectivity index (χ4n) is 8.76. The van der Waals surface area contributed by atoms with Crippen LogP contribution in [0.25, 0.3) is 78.1 Å². The molecule has 242 valence electrons. The number of nitriles is 1. The third kappa shape index (κ3) is 4.66. The first-order valence-electron chi connectivity index (χ1n) is 17.8. The Morgan fingerprint density at radius 1 is 0.569 bits per heavy atom. The maximum atomic E-state index is 9.37. The lowest BCUT2D eigenvalue weighted by atomic mass is 9.68. The van der Waals surface area contributed by atoms with Crippen LogP contribution in [0.5, 0.6) is 0 Å². The van der Waals surface area contributed by atoms with Gasteiger partial charge in [0.1, 0.15) is 16.8 Å². The Kier molecular flexibility index (Phi) is 6.76. The summed E-state index contributed by atoms with van der Waals surface area (Å²) in [6.07, 6.45) is 6.34. The van der Waals surface area contributed by atoms with Crippen LogP contribution < -0.4 is 0 Å². The SMILES string of the molecule is N#Cc1ccc(-c2nc(-c3cccc(-c4cccc(-c5cccc6c5-c5ccccc5C65CCCCC5)c4)c3)c3oc4ccccc4c3n2)cc1. The molecule has 4 heteroatoms. The quantitative estimate of drug-likeness (QED) is 0.189. The van der Waals surface area contributed by atoms with E-state index in [2.05, 4.69) is 97.1 Å². The highest BCUT2D eigenvalue weighted by molar-refractivity contribution is 6.07. The van der Waals surface area contributed by atoms with Gasteiger partial charge in [0, 0.05) is 21.9 Å². The molecule has 1 fully saturated rings. The van der Waals surface area contributed by atoms with Gasteiger partial charge < -0.3 is 4.42 Å². The van der Waals surface area contributed by atoms with Crippen molar-refractivity contribution in [2.75, 3.05) is 0 Å². The Morgan fingerprint density at radius 3 is 2.06 bits per heavy atom. The number of aromatic nitrogens is 2. The summed E-state index contributed by atoms with van der Waals surface area (Å²) < 4.78 is 6.44. The Morgan fingerprint density at radius 2 is 1.24 bits per heavy atom. The van der Waals surface area contributed by atoms with Crippen LogP contribution in [0.3, 0.4) is 0 Å². The van der Waals surface area contributed by atoms with Gasteiger partial charge in [-0.05, 0) is 106 Å². The molecule has 0 radical (unpaired) electrons. The fourth-order valence-corrected chi connectivity index (χ4v) is 8.76. The monoisotopic (exact) mass is 655 g/mol. The summed E-state index contributed by atoms with van der Waals surface area (Å²) >= 11 is 0. The van der Waals surface area contributed by atoms with Crippen LogP contribution >= 0.6 is 0 Å².